The molecular formula is C16H20N4O2S. The van der Waals surface area contributed by atoms with Gasteiger partial charge in [0.2, 0.25) is 5.16 Å². The molecule has 0 aliphatic rings. The zero-order valence-electron chi connectivity index (χ0n) is 13.7. The second kappa shape index (κ2) is 7.92. The van der Waals surface area contributed by atoms with E-state index in [9.17, 15) is 4.79 Å². The van der Waals surface area contributed by atoms with E-state index in [1.165, 1.54) is 16.4 Å². The first-order chi connectivity index (χ1) is 11.0. The number of rotatable bonds is 6. The molecule has 0 aliphatic carbocycles. The third kappa shape index (κ3) is 4.41. The van der Waals surface area contributed by atoms with Crippen molar-refractivity contribution in [3.63, 3.8) is 0 Å². The summed E-state index contributed by atoms with van der Waals surface area (Å²) in [5.41, 5.74) is 0.840. The number of benzene rings is 1. The van der Waals surface area contributed by atoms with Crippen molar-refractivity contribution < 1.29 is 4.74 Å². The quantitative estimate of drug-likeness (QED) is 0.601. The molecule has 6 nitrogen and oxygen atoms in total. The Bertz CT molecular complexity index is 756. The van der Waals surface area contributed by atoms with Gasteiger partial charge in [-0.3, -0.25) is 4.79 Å². The molecule has 0 fully saturated rings. The average molecular weight is 332 g/mol. The van der Waals surface area contributed by atoms with Crippen molar-refractivity contribution >= 4 is 18.0 Å². The van der Waals surface area contributed by atoms with Gasteiger partial charge in [-0.15, -0.1) is 10.2 Å². The summed E-state index contributed by atoms with van der Waals surface area (Å²) in [4.78, 5) is 12.2. The van der Waals surface area contributed by atoms with Crippen LogP contribution in [0.2, 0.25) is 0 Å². The Morgan fingerprint density at radius 1 is 1.35 bits per heavy atom. The summed E-state index contributed by atoms with van der Waals surface area (Å²) in [7, 11) is 0. The summed E-state index contributed by atoms with van der Waals surface area (Å²) in [5, 5.41) is 12.5. The van der Waals surface area contributed by atoms with Gasteiger partial charge in [0.25, 0.3) is 5.56 Å². The fourth-order valence-corrected chi connectivity index (χ4v) is 2.19. The highest BCUT2D eigenvalue weighted by atomic mass is 32.2. The number of ether oxygens (including phenoxy) is 1. The lowest BCUT2D eigenvalue weighted by Gasteiger charge is -2.11. The Kier molecular flexibility index (Phi) is 5.92. The minimum absolute atomic E-state index is 0.277. The Hall–Kier alpha value is -2.15. The van der Waals surface area contributed by atoms with E-state index in [2.05, 4.69) is 29.1 Å². The summed E-state index contributed by atoms with van der Waals surface area (Å²) in [6.45, 7) is 6.42. The van der Waals surface area contributed by atoms with Crippen LogP contribution in [-0.2, 0) is 0 Å². The zero-order valence-corrected chi connectivity index (χ0v) is 14.5. The van der Waals surface area contributed by atoms with Crippen LogP contribution in [0, 0.1) is 12.8 Å². The van der Waals surface area contributed by atoms with Gasteiger partial charge in [0.1, 0.15) is 11.4 Å². The summed E-state index contributed by atoms with van der Waals surface area (Å²) in [5.74, 6) is 1.17. The Morgan fingerprint density at radius 2 is 2.09 bits per heavy atom. The Balaban J connectivity index is 2.35. The number of hydrogen-bond acceptors (Lipinski definition) is 6. The largest absolute Gasteiger partial charge is 0.493 e. The number of thioether (sulfide) groups is 1. The molecule has 2 rings (SSSR count). The predicted octanol–water partition coefficient (Wildman–Crippen LogP) is 2.59. The highest BCUT2D eigenvalue weighted by molar-refractivity contribution is 7.98. The van der Waals surface area contributed by atoms with Crippen molar-refractivity contribution in [1.29, 1.82) is 0 Å². The summed E-state index contributed by atoms with van der Waals surface area (Å²) < 4.78 is 7.04. The van der Waals surface area contributed by atoms with Crippen LogP contribution in [-0.4, -0.2) is 34.0 Å². The standard InChI is InChI=1S/C16H20N4O2S/c1-11(2)10-22-14-8-6-5-7-13(14)9-17-20-15(21)12(3)18-19-16(20)23-4/h5-9,11H,10H2,1-4H3/b17-9-. The van der Waals surface area contributed by atoms with E-state index in [0.29, 0.717) is 23.4 Å². The molecule has 0 spiro atoms. The molecule has 0 saturated carbocycles. The molecule has 0 atom stereocenters. The van der Waals surface area contributed by atoms with Gasteiger partial charge < -0.3 is 4.74 Å². The fraction of sp³-hybridized carbons (Fsp3) is 0.375. The third-order valence-electron chi connectivity index (χ3n) is 2.95. The molecule has 0 saturated heterocycles. The maximum Gasteiger partial charge on any atom is 0.296 e. The molecule has 0 radical (unpaired) electrons. The van der Waals surface area contributed by atoms with Crippen LogP contribution >= 0.6 is 11.8 Å². The zero-order chi connectivity index (χ0) is 16.8. The first-order valence-corrected chi connectivity index (χ1v) is 8.52. The molecule has 0 amide bonds. The molecule has 0 bridgehead atoms. The lowest BCUT2D eigenvalue weighted by Crippen LogP contribution is -2.23. The maximum atomic E-state index is 12.2. The molecule has 0 N–H and O–H groups in total. The lowest BCUT2D eigenvalue weighted by molar-refractivity contribution is 0.270. The SMILES string of the molecule is CSc1nnc(C)c(=O)n1/N=C\c1ccccc1OCC(C)C. The maximum absolute atomic E-state index is 12.2. The first-order valence-electron chi connectivity index (χ1n) is 7.29. The normalized spacial score (nSPS) is 11.3. The van der Waals surface area contributed by atoms with Crippen molar-refractivity contribution in [2.45, 2.75) is 25.9 Å². The van der Waals surface area contributed by atoms with Gasteiger partial charge in [-0.05, 0) is 31.2 Å². The van der Waals surface area contributed by atoms with Crippen LogP contribution < -0.4 is 10.3 Å². The van der Waals surface area contributed by atoms with Crippen molar-refractivity contribution in [2.24, 2.45) is 11.0 Å². The van der Waals surface area contributed by atoms with Crippen LogP contribution in [0.5, 0.6) is 5.75 Å². The van der Waals surface area contributed by atoms with Crippen LogP contribution in [0.4, 0.5) is 0 Å². The van der Waals surface area contributed by atoms with E-state index in [1.807, 2.05) is 30.5 Å². The van der Waals surface area contributed by atoms with Crippen LogP contribution in [0.3, 0.4) is 0 Å². The van der Waals surface area contributed by atoms with E-state index in [1.54, 1.807) is 13.1 Å². The van der Waals surface area contributed by atoms with E-state index in [4.69, 9.17) is 4.74 Å². The minimum Gasteiger partial charge on any atom is -0.493 e. The minimum atomic E-state index is -0.277. The van der Waals surface area contributed by atoms with Crippen molar-refractivity contribution in [3.05, 3.63) is 45.9 Å². The van der Waals surface area contributed by atoms with Gasteiger partial charge in [-0.1, -0.05) is 37.7 Å². The van der Waals surface area contributed by atoms with Gasteiger partial charge in [0.15, 0.2) is 0 Å². The molecule has 0 unspecified atom stereocenters. The number of aromatic nitrogens is 3. The number of aryl methyl sites for hydroxylation is 1. The molecule has 1 heterocycles. The van der Waals surface area contributed by atoms with E-state index in [-0.39, 0.29) is 5.56 Å². The van der Waals surface area contributed by atoms with E-state index >= 15 is 0 Å². The topological polar surface area (TPSA) is 69.4 Å². The smallest absolute Gasteiger partial charge is 0.296 e. The van der Waals surface area contributed by atoms with Crippen molar-refractivity contribution in [3.8, 4) is 5.75 Å². The average Bonchev–Trinajstić information content (AvgIpc) is 2.55. The second-order valence-electron chi connectivity index (χ2n) is 5.38. The highest BCUT2D eigenvalue weighted by Gasteiger charge is 2.08. The van der Waals surface area contributed by atoms with E-state index in [0.717, 1.165) is 11.3 Å². The summed E-state index contributed by atoms with van der Waals surface area (Å²) in [6.07, 6.45) is 3.43. The Morgan fingerprint density at radius 3 is 2.78 bits per heavy atom. The van der Waals surface area contributed by atoms with Crippen molar-refractivity contribution in [2.75, 3.05) is 12.9 Å². The van der Waals surface area contributed by atoms with Crippen LogP contribution in [0.25, 0.3) is 0 Å². The molecule has 7 heteroatoms. The highest BCUT2D eigenvalue weighted by Crippen LogP contribution is 2.17. The van der Waals surface area contributed by atoms with Gasteiger partial charge in [-0.25, -0.2) is 0 Å². The van der Waals surface area contributed by atoms with Gasteiger partial charge >= 0.3 is 0 Å². The molecular weight excluding hydrogens is 312 g/mol. The van der Waals surface area contributed by atoms with Gasteiger partial charge in [0, 0.05) is 5.56 Å². The number of para-hydroxylation sites is 1. The van der Waals surface area contributed by atoms with Crippen molar-refractivity contribution in [1.82, 2.24) is 14.9 Å². The lowest BCUT2D eigenvalue weighted by atomic mass is 10.2. The number of nitrogens with zero attached hydrogens (tertiary/aromatic N) is 4. The fourth-order valence-electron chi connectivity index (χ4n) is 1.77. The van der Waals surface area contributed by atoms with Gasteiger partial charge in [-0.2, -0.15) is 9.78 Å². The molecule has 0 aliphatic heterocycles. The second-order valence-corrected chi connectivity index (χ2v) is 6.15. The number of hydrogen-bond donors (Lipinski definition) is 0. The monoisotopic (exact) mass is 332 g/mol. The van der Waals surface area contributed by atoms with Gasteiger partial charge in [0.05, 0.1) is 12.8 Å². The molecule has 1 aromatic heterocycles. The summed E-state index contributed by atoms with van der Waals surface area (Å²) >= 11 is 1.32. The molecule has 1 aromatic carbocycles. The predicted molar refractivity (Wildman–Crippen MR) is 92.6 cm³/mol. The molecule has 23 heavy (non-hydrogen) atoms. The van der Waals surface area contributed by atoms with E-state index < -0.39 is 0 Å². The first kappa shape index (κ1) is 17.2. The summed E-state index contributed by atoms with van der Waals surface area (Å²) in [6, 6.07) is 7.59. The molecule has 2 aromatic rings. The Labute approximate surface area is 139 Å². The molecule has 122 valence electrons. The van der Waals surface area contributed by atoms with Crippen LogP contribution in [0.15, 0.2) is 39.3 Å². The third-order valence-corrected chi connectivity index (χ3v) is 3.57. The van der Waals surface area contributed by atoms with Crippen LogP contribution in [0.1, 0.15) is 25.1 Å².